The van der Waals surface area contributed by atoms with Gasteiger partial charge in [0.05, 0.1) is 24.7 Å². The van der Waals surface area contributed by atoms with Gasteiger partial charge in [0.1, 0.15) is 0 Å². The zero-order valence-corrected chi connectivity index (χ0v) is 9.10. The van der Waals surface area contributed by atoms with E-state index >= 15 is 0 Å². The van der Waals surface area contributed by atoms with E-state index in [0.29, 0.717) is 12.6 Å². The highest BCUT2D eigenvalue weighted by Crippen LogP contribution is 2.18. The number of ether oxygens (including phenoxy) is 1. The average molecular weight is 197 g/mol. The van der Waals surface area contributed by atoms with E-state index in [1.54, 1.807) is 7.11 Å². The number of rotatable bonds is 5. The van der Waals surface area contributed by atoms with Crippen molar-refractivity contribution >= 4 is 0 Å². The number of methoxy groups -OCH3 is 1. The molecule has 1 aromatic heterocycles. The molecule has 2 atom stereocenters. The summed E-state index contributed by atoms with van der Waals surface area (Å²) >= 11 is 0. The summed E-state index contributed by atoms with van der Waals surface area (Å²) < 4.78 is 7.27. The van der Waals surface area contributed by atoms with Crippen LogP contribution in [-0.4, -0.2) is 23.3 Å². The highest BCUT2D eigenvalue weighted by molar-refractivity contribution is 5.04. The van der Waals surface area contributed by atoms with E-state index in [-0.39, 0.29) is 6.04 Å². The molecule has 4 nitrogen and oxygen atoms in total. The molecule has 0 fully saturated rings. The van der Waals surface area contributed by atoms with Gasteiger partial charge in [0.15, 0.2) is 0 Å². The van der Waals surface area contributed by atoms with Gasteiger partial charge in [-0.2, -0.15) is 0 Å². The Bertz CT molecular complexity index is 270. The molecule has 0 aliphatic heterocycles. The summed E-state index contributed by atoms with van der Waals surface area (Å²) in [7, 11) is 1.71. The van der Waals surface area contributed by atoms with Crippen molar-refractivity contribution in [3.63, 3.8) is 0 Å². The summed E-state index contributed by atoms with van der Waals surface area (Å²) in [5.41, 5.74) is 6.91. The molecule has 14 heavy (non-hydrogen) atoms. The van der Waals surface area contributed by atoms with E-state index in [1.807, 2.05) is 19.4 Å². The zero-order chi connectivity index (χ0) is 10.6. The predicted octanol–water partition coefficient (Wildman–Crippen LogP) is 1.50. The number of hydrogen-bond donors (Lipinski definition) is 1. The Morgan fingerprint density at radius 3 is 2.86 bits per heavy atom. The first-order valence-corrected chi connectivity index (χ1v) is 4.96. The minimum absolute atomic E-state index is 0.0170. The molecule has 1 heterocycles. The van der Waals surface area contributed by atoms with Crippen molar-refractivity contribution in [2.45, 2.75) is 32.4 Å². The maximum atomic E-state index is 5.85. The number of hydrogen-bond acceptors (Lipinski definition) is 3. The molecule has 0 aliphatic carbocycles. The molecule has 80 valence electrons. The molecule has 0 spiro atoms. The van der Waals surface area contributed by atoms with Crippen molar-refractivity contribution in [1.29, 1.82) is 0 Å². The van der Waals surface area contributed by atoms with Gasteiger partial charge in [0, 0.05) is 19.3 Å². The second kappa shape index (κ2) is 5.12. The minimum Gasteiger partial charge on any atom is -0.383 e. The lowest BCUT2D eigenvalue weighted by Crippen LogP contribution is -2.19. The molecule has 0 aliphatic rings. The summed E-state index contributed by atoms with van der Waals surface area (Å²) in [6, 6.07) is 0.354. The Morgan fingerprint density at radius 2 is 2.36 bits per heavy atom. The third-order valence-electron chi connectivity index (χ3n) is 2.39. The fourth-order valence-electron chi connectivity index (χ4n) is 1.56. The summed E-state index contributed by atoms with van der Waals surface area (Å²) in [4.78, 5) is 4.12. The monoisotopic (exact) mass is 197 g/mol. The molecule has 2 unspecified atom stereocenters. The molecule has 0 saturated carbocycles. The maximum absolute atomic E-state index is 5.85. The van der Waals surface area contributed by atoms with Crippen LogP contribution in [0.25, 0.3) is 0 Å². The van der Waals surface area contributed by atoms with Crippen LogP contribution < -0.4 is 5.73 Å². The van der Waals surface area contributed by atoms with Gasteiger partial charge in [-0.25, -0.2) is 4.98 Å². The van der Waals surface area contributed by atoms with Crippen LogP contribution in [0.1, 0.15) is 38.0 Å². The Kier molecular flexibility index (Phi) is 4.10. The number of aromatic nitrogens is 2. The fourth-order valence-corrected chi connectivity index (χ4v) is 1.56. The smallest absolute Gasteiger partial charge is 0.0952 e. The van der Waals surface area contributed by atoms with Gasteiger partial charge in [-0.1, -0.05) is 6.92 Å². The van der Waals surface area contributed by atoms with Gasteiger partial charge in [0.2, 0.25) is 0 Å². The Labute approximate surface area is 85.1 Å². The number of nitrogens with two attached hydrogens (primary N) is 1. The lowest BCUT2D eigenvalue weighted by Gasteiger charge is -2.19. The highest BCUT2D eigenvalue weighted by atomic mass is 16.5. The average Bonchev–Trinajstić information content (AvgIpc) is 2.62. The molecule has 0 amide bonds. The molecule has 4 heteroatoms. The van der Waals surface area contributed by atoms with Crippen molar-refractivity contribution in [3.8, 4) is 0 Å². The fraction of sp³-hybridized carbons (Fsp3) is 0.700. The third kappa shape index (κ3) is 2.33. The summed E-state index contributed by atoms with van der Waals surface area (Å²) in [5.74, 6) is 0. The van der Waals surface area contributed by atoms with E-state index < -0.39 is 0 Å². The van der Waals surface area contributed by atoms with E-state index in [2.05, 4.69) is 16.5 Å². The Hall–Kier alpha value is -0.870. The third-order valence-corrected chi connectivity index (χ3v) is 2.39. The quantitative estimate of drug-likeness (QED) is 0.778. The second-order valence-electron chi connectivity index (χ2n) is 3.53. The van der Waals surface area contributed by atoms with Crippen LogP contribution in [0.2, 0.25) is 0 Å². The van der Waals surface area contributed by atoms with Crippen LogP contribution in [0.15, 0.2) is 12.5 Å². The van der Waals surface area contributed by atoms with E-state index in [9.17, 15) is 0 Å². The lowest BCUT2D eigenvalue weighted by molar-refractivity contribution is 0.151. The molecular formula is C10H19N3O. The first-order valence-electron chi connectivity index (χ1n) is 4.96. The molecule has 0 aromatic carbocycles. The molecule has 0 radical (unpaired) electrons. The van der Waals surface area contributed by atoms with Crippen LogP contribution >= 0.6 is 0 Å². The van der Waals surface area contributed by atoms with Gasteiger partial charge in [-0.15, -0.1) is 0 Å². The maximum Gasteiger partial charge on any atom is 0.0952 e. The first kappa shape index (κ1) is 11.2. The Balaban J connectivity index is 2.86. The van der Waals surface area contributed by atoms with Crippen molar-refractivity contribution < 1.29 is 4.74 Å². The van der Waals surface area contributed by atoms with Crippen molar-refractivity contribution in [3.05, 3.63) is 18.2 Å². The zero-order valence-electron chi connectivity index (χ0n) is 9.10. The van der Waals surface area contributed by atoms with Crippen LogP contribution in [0, 0.1) is 0 Å². The van der Waals surface area contributed by atoms with Crippen molar-refractivity contribution in [1.82, 2.24) is 9.55 Å². The second-order valence-corrected chi connectivity index (χ2v) is 3.53. The van der Waals surface area contributed by atoms with E-state index in [0.717, 1.165) is 12.1 Å². The predicted molar refractivity (Wildman–Crippen MR) is 56.0 cm³/mol. The van der Waals surface area contributed by atoms with Crippen molar-refractivity contribution in [2.24, 2.45) is 5.73 Å². The van der Waals surface area contributed by atoms with Gasteiger partial charge in [-0.05, 0) is 13.3 Å². The Morgan fingerprint density at radius 1 is 1.64 bits per heavy atom. The summed E-state index contributed by atoms with van der Waals surface area (Å²) in [5, 5.41) is 0. The molecule has 2 N–H and O–H groups in total. The lowest BCUT2D eigenvalue weighted by atomic mass is 10.2. The highest BCUT2D eigenvalue weighted by Gasteiger charge is 2.14. The number of imidazole rings is 1. The van der Waals surface area contributed by atoms with Gasteiger partial charge in [0.25, 0.3) is 0 Å². The van der Waals surface area contributed by atoms with Crippen LogP contribution in [0.4, 0.5) is 0 Å². The SMILES string of the molecule is CCC(COC)n1cncc1C(C)N. The molecular weight excluding hydrogens is 178 g/mol. The summed E-state index contributed by atoms with van der Waals surface area (Å²) in [6.07, 6.45) is 4.67. The molecule has 0 bridgehead atoms. The molecule has 1 aromatic rings. The molecule has 1 rings (SSSR count). The van der Waals surface area contributed by atoms with E-state index in [1.165, 1.54) is 0 Å². The van der Waals surface area contributed by atoms with Gasteiger partial charge >= 0.3 is 0 Å². The minimum atomic E-state index is 0.0170. The van der Waals surface area contributed by atoms with Crippen molar-refractivity contribution in [2.75, 3.05) is 13.7 Å². The summed E-state index contributed by atoms with van der Waals surface area (Å²) in [6.45, 7) is 4.80. The van der Waals surface area contributed by atoms with E-state index in [4.69, 9.17) is 10.5 Å². The largest absolute Gasteiger partial charge is 0.383 e. The number of nitrogens with zero attached hydrogens (tertiary/aromatic N) is 2. The standard InChI is InChI=1S/C10H19N3O/c1-4-9(6-14-3)13-7-12-5-10(13)8(2)11/h5,7-9H,4,6,11H2,1-3H3. The first-order chi connectivity index (χ1) is 6.70. The van der Waals surface area contributed by atoms with Gasteiger partial charge < -0.3 is 15.0 Å². The van der Waals surface area contributed by atoms with Crippen LogP contribution in [0.5, 0.6) is 0 Å². The molecule has 0 saturated heterocycles. The normalized spacial score (nSPS) is 15.4. The van der Waals surface area contributed by atoms with Crippen LogP contribution in [-0.2, 0) is 4.74 Å². The topological polar surface area (TPSA) is 53.1 Å². The van der Waals surface area contributed by atoms with Gasteiger partial charge in [-0.3, -0.25) is 0 Å². The van der Waals surface area contributed by atoms with Crippen LogP contribution in [0.3, 0.4) is 0 Å².